The lowest BCUT2D eigenvalue weighted by Crippen LogP contribution is -2.34. The van der Waals surface area contributed by atoms with Crippen LogP contribution in [0, 0.1) is 6.92 Å². The van der Waals surface area contributed by atoms with Gasteiger partial charge in [0.05, 0.1) is 5.75 Å². The maximum atomic E-state index is 12.8. The number of rotatable bonds is 4. The van der Waals surface area contributed by atoms with E-state index in [2.05, 4.69) is 48.3 Å². The van der Waals surface area contributed by atoms with Crippen LogP contribution < -0.4 is 0 Å². The molecule has 1 aliphatic rings. The van der Waals surface area contributed by atoms with Crippen LogP contribution in [0.15, 0.2) is 59.6 Å². The van der Waals surface area contributed by atoms with E-state index in [1.165, 1.54) is 16.5 Å². The molecule has 0 bridgehead atoms. The van der Waals surface area contributed by atoms with Crippen molar-refractivity contribution in [3.63, 3.8) is 0 Å². The van der Waals surface area contributed by atoms with Crippen molar-refractivity contribution in [2.75, 3.05) is 24.6 Å². The Morgan fingerprint density at radius 1 is 1.19 bits per heavy atom. The Bertz CT molecular complexity index is 937. The van der Waals surface area contributed by atoms with Gasteiger partial charge in [0.25, 0.3) is 0 Å². The molecule has 1 atom stereocenters. The molecule has 0 spiro atoms. The van der Waals surface area contributed by atoms with E-state index < -0.39 is 0 Å². The van der Waals surface area contributed by atoms with Crippen molar-refractivity contribution in [3.8, 4) is 0 Å². The molecule has 1 fully saturated rings. The Kier molecular flexibility index (Phi) is 5.79. The first kappa shape index (κ1) is 18.5. The number of amides is 1. The monoisotopic (exact) mass is 396 g/mol. The fourth-order valence-corrected chi connectivity index (χ4v) is 5.87. The molecule has 3 aromatic rings. The average molecular weight is 397 g/mol. The fourth-order valence-electron chi connectivity index (χ4n) is 3.61. The largest absolute Gasteiger partial charge is 0.360 e. The molecule has 2 aromatic carbocycles. The van der Waals surface area contributed by atoms with Gasteiger partial charge in [-0.25, -0.2) is 0 Å². The molecule has 1 amide bonds. The van der Waals surface area contributed by atoms with E-state index in [0.717, 1.165) is 35.7 Å². The van der Waals surface area contributed by atoms with Crippen LogP contribution in [-0.4, -0.2) is 40.4 Å². The molecule has 0 saturated carbocycles. The lowest BCUT2D eigenvalue weighted by molar-refractivity contribution is -0.128. The zero-order chi connectivity index (χ0) is 18.6. The summed E-state index contributed by atoms with van der Waals surface area (Å²) < 4.78 is 0. The molecule has 0 unspecified atom stereocenters. The maximum absolute atomic E-state index is 12.8. The average Bonchev–Trinajstić information content (AvgIpc) is 2.94. The summed E-state index contributed by atoms with van der Waals surface area (Å²) in [6.45, 7) is 3.88. The molecule has 1 saturated heterocycles. The third kappa shape index (κ3) is 4.19. The van der Waals surface area contributed by atoms with Gasteiger partial charge < -0.3 is 9.88 Å². The minimum atomic E-state index is 0.247. The van der Waals surface area contributed by atoms with Crippen molar-refractivity contribution in [3.05, 3.63) is 65.9 Å². The van der Waals surface area contributed by atoms with Gasteiger partial charge in [-0.15, -0.1) is 11.8 Å². The summed E-state index contributed by atoms with van der Waals surface area (Å²) in [5.74, 6) is 1.75. The topological polar surface area (TPSA) is 36.1 Å². The summed E-state index contributed by atoms with van der Waals surface area (Å²) in [4.78, 5) is 19.3. The molecule has 5 heteroatoms. The van der Waals surface area contributed by atoms with Crippen molar-refractivity contribution >= 4 is 40.3 Å². The normalized spacial score (nSPS) is 17.8. The third-order valence-corrected chi connectivity index (χ3v) is 7.48. The Balaban J connectivity index is 1.36. The van der Waals surface area contributed by atoms with Crippen LogP contribution in [0.2, 0.25) is 0 Å². The van der Waals surface area contributed by atoms with Gasteiger partial charge in [0.2, 0.25) is 5.91 Å². The lowest BCUT2D eigenvalue weighted by atomic mass is 10.0. The maximum Gasteiger partial charge on any atom is 0.232 e. The molecule has 0 radical (unpaired) electrons. The van der Waals surface area contributed by atoms with Crippen LogP contribution >= 0.6 is 23.5 Å². The van der Waals surface area contributed by atoms with Gasteiger partial charge in [-0.3, -0.25) is 4.79 Å². The van der Waals surface area contributed by atoms with E-state index >= 15 is 0 Å². The highest BCUT2D eigenvalue weighted by Crippen LogP contribution is 2.36. The van der Waals surface area contributed by atoms with E-state index in [1.807, 2.05) is 35.0 Å². The number of benzene rings is 2. The summed E-state index contributed by atoms with van der Waals surface area (Å²) in [6.07, 6.45) is 3.04. The quantitative estimate of drug-likeness (QED) is 0.610. The second-order valence-corrected chi connectivity index (χ2v) is 9.20. The van der Waals surface area contributed by atoms with E-state index in [4.69, 9.17) is 0 Å². The first-order valence-electron chi connectivity index (χ1n) is 9.36. The molecule has 3 nitrogen and oxygen atoms in total. The predicted octanol–water partition coefficient (Wildman–Crippen LogP) is 5.28. The minimum Gasteiger partial charge on any atom is -0.360 e. The van der Waals surface area contributed by atoms with Gasteiger partial charge in [-0.1, -0.05) is 42.5 Å². The highest BCUT2D eigenvalue weighted by molar-refractivity contribution is 8.00. The number of thioether (sulfide) groups is 2. The van der Waals surface area contributed by atoms with Gasteiger partial charge >= 0.3 is 0 Å². The first-order chi connectivity index (χ1) is 13.2. The highest BCUT2D eigenvalue weighted by atomic mass is 32.2. The molecule has 2 heterocycles. The number of H-pyrrole nitrogens is 1. The molecular weight excluding hydrogens is 372 g/mol. The molecule has 0 aliphatic carbocycles. The molecule has 1 aromatic heterocycles. The van der Waals surface area contributed by atoms with Crippen LogP contribution in [0.4, 0.5) is 0 Å². The standard InChI is InChI=1S/C22H24N2OS2/c1-16-6-2-3-7-17(16)20-10-11-24(12-13-26-20)22(25)15-27-21-14-23-19-9-5-4-8-18(19)21/h2-9,14,20,23H,10-13,15H2,1H3/t20-/m1/s1. The summed E-state index contributed by atoms with van der Waals surface area (Å²) >= 11 is 3.62. The van der Waals surface area contributed by atoms with Crippen LogP contribution in [0.25, 0.3) is 10.9 Å². The van der Waals surface area contributed by atoms with Crippen molar-refractivity contribution in [1.82, 2.24) is 9.88 Å². The van der Waals surface area contributed by atoms with Crippen LogP contribution in [0.3, 0.4) is 0 Å². The minimum absolute atomic E-state index is 0.247. The SMILES string of the molecule is Cc1ccccc1[C@H]1CCN(C(=O)CSc2c[nH]c3ccccc23)CCS1. The van der Waals surface area contributed by atoms with Gasteiger partial charge in [-0.2, -0.15) is 11.8 Å². The number of para-hydroxylation sites is 1. The zero-order valence-electron chi connectivity index (χ0n) is 15.5. The molecule has 1 N–H and O–H groups in total. The number of carbonyl (C=O) groups is 1. The summed E-state index contributed by atoms with van der Waals surface area (Å²) in [7, 11) is 0. The molecular formula is C22H24N2OS2. The number of aromatic nitrogens is 1. The van der Waals surface area contributed by atoms with Gasteiger partial charge in [0.1, 0.15) is 0 Å². The van der Waals surface area contributed by atoms with Crippen molar-refractivity contribution in [2.24, 2.45) is 0 Å². The molecule has 140 valence electrons. The smallest absolute Gasteiger partial charge is 0.232 e. The summed E-state index contributed by atoms with van der Waals surface area (Å²) in [5.41, 5.74) is 3.90. The Hall–Kier alpha value is -1.85. The van der Waals surface area contributed by atoms with Gasteiger partial charge in [-0.05, 0) is 30.5 Å². The number of fused-ring (bicyclic) bond motifs is 1. The molecule has 27 heavy (non-hydrogen) atoms. The number of hydrogen-bond donors (Lipinski definition) is 1. The van der Waals surface area contributed by atoms with E-state index in [1.54, 1.807) is 11.8 Å². The van der Waals surface area contributed by atoms with Crippen molar-refractivity contribution < 1.29 is 4.79 Å². The van der Waals surface area contributed by atoms with Crippen LogP contribution in [-0.2, 0) is 4.79 Å². The van der Waals surface area contributed by atoms with Gasteiger partial charge in [0.15, 0.2) is 0 Å². The van der Waals surface area contributed by atoms with E-state index in [9.17, 15) is 4.79 Å². The highest BCUT2D eigenvalue weighted by Gasteiger charge is 2.23. The zero-order valence-corrected chi connectivity index (χ0v) is 17.1. The van der Waals surface area contributed by atoms with Gasteiger partial charge in [0, 0.05) is 46.1 Å². The van der Waals surface area contributed by atoms with Crippen LogP contribution in [0.5, 0.6) is 0 Å². The van der Waals surface area contributed by atoms with E-state index in [0.29, 0.717) is 11.0 Å². The van der Waals surface area contributed by atoms with Crippen molar-refractivity contribution in [1.29, 1.82) is 0 Å². The van der Waals surface area contributed by atoms with E-state index in [-0.39, 0.29) is 5.91 Å². The predicted molar refractivity (Wildman–Crippen MR) is 117 cm³/mol. The summed E-state index contributed by atoms with van der Waals surface area (Å²) in [6, 6.07) is 16.9. The second-order valence-electron chi connectivity index (χ2n) is 6.87. The number of hydrogen-bond acceptors (Lipinski definition) is 3. The second kappa shape index (κ2) is 8.44. The number of carbonyl (C=O) groups excluding carboxylic acids is 1. The molecule has 1 aliphatic heterocycles. The fraction of sp³-hybridized carbons (Fsp3) is 0.318. The number of aromatic amines is 1. The Morgan fingerprint density at radius 2 is 2.00 bits per heavy atom. The number of nitrogens with one attached hydrogen (secondary N) is 1. The number of aryl methyl sites for hydroxylation is 1. The Morgan fingerprint density at radius 3 is 2.89 bits per heavy atom. The third-order valence-electron chi connectivity index (χ3n) is 5.13. The number of nitrogens with zero attached hydrogens (tertiary/aromatic N) is 1. The first-order valence-corrected chi connectivity index (χ1v) is 11.4. The Labute approximate surface area is 168 Å². The molecule has 4 rings (SSSR count). The van der Waals surface area contributed by atoms with Crippen molar-refractivity contribution in [2.45, 2.75) is 23.5 Å². The summed E-state index contributed by atoms with van der Waals surface area (Å²) in [5, 5.41) is 1.69. The van der Waals surface area contributed by atoms with Crippen LogP contribution in [0.1, 0.15) is 22.8 Å². The lowest BCUT2D eigenvalue weighted by Gasteiger charge is -2.20.